The number of hydrogen-bond acceptors (Lipinski definition) is 6. The van der Waals surface area contributed by atoms with Crippen LogP contribution in [0.3, 0.4) is 0 Å². The number of hydrogen-bond donors (Lipinski definition) is 3. The molecule has 4 bridgehead atoms. The van der Waals surface area contributed by atoms with Crippen LogP contribution in [-0.2, 0) is 23.3 Å². The average Bonchev–Trinajstić information content (AvgIpc) is 3.31. The van der Waals surface area contributed by atoms with Crippen molar-refractivity contribution >= 4 is 16.9 Å². The van der Waals surface area contributed by atoms with E-state index < -0.39 is 28.9 Å². The van der Waals surface area contributed by atoms with E-state index >= 15 is 0 Å². The summed E-state index contributed by atoms with van der Waals surface area (Å²) in [5.74, 6) is 0.298. The highest BCUT2D eigenvalue weighted by molar-refractivity contribution is 5.76. The molecule has 9 heteroatoms. The van der Waals surface area contributed by atoms with Gasteiger partial charge in [-0.2, -0.15) is 0 Å². The normalized spacial score (nSPS) is 35.1. The Balaban J connectivity index is 1.71. The maximum atomic E-state index is 13.0. The fourth-order valence-electron chi connectivity index (χ4n) is 6.29. The SMILES string of the molecule is CCCn1c(=O)n(CC(C)=O)c(=O)c2[nH]c(C34CC5C[C@H]3[C@@H](O)[C@H](C4)C5O)nc21. The molecule has 0 aromatic carbocycles. The minimum Gasteiger partial charge on any atom is -0.392 e. The van der Waals surface area contributed by atoms with E-state index in [1.165, 1.54) is 11.5 Å². The summed E-state index contributed by atoms with van der Waals surface area (Å²) in [6, 6.07) is 0. The molecule has 0 radical (unpaired) electrons. The molecule has 0 spiro atoms. The molecule has 4 aliphatic carbocycles. The number of fused-ring (bicyclic) bond motifs is 1. The van der Waals surface area contributed by atoms with Gasteiger partial charge in [0.25, 0.3) is 5.56 Å². The van der Waals surface area contributed by atoms with Crippen LogP contribution in [-0.4, -0.2) is 47.3 Å². The van der Waals surface area contributed by atoms with Crippen molar-refractivity contribution in [3.63, 3.8) is 0 Å². The van der Waals surface area contributed by atoms with Crippen LogP contribution in [0.4, 0.5) is 0 Å². The first-order valence-electron chi connectivity index (χ1n) is 10.4. The lowest BCUT2D eigenvalue weighted by atomic mass is 9.73. The van der Waals surface area contributed by atoms with Crippen molar-refractivity contribution in [1.82, 2.24) is 19.1 Å². The predicted octanol–water partition coefficient (Wildman–Crippen LogP) is -0.0954. The Kier molecular flexibility index (Phi) is 3.96. The van der Waals surface area contributed by atoms with Gasteiger partial charge in [-0.15, -0.1) is 0 Å². The summed E-state index contributed by atoms with van der Waals surface area (Å²) in [5, 5.41) is 21.2. The highest BCUT2D eigenvalue weighted by Gasteiger charge is 2.67. The Morgan fingerprint density at radius 3 is 2.69 bits per heavy atom. The molecule has 0 amide bonds. The van der Waals surface area contributed by atoms with Gasteiger partial charge in [-0.1, -0.05) is 6.92 Å². The first-order valence-corrected chi connectivity index (χ1v) is 10.4. The Morgan fingerprint density at radius 1 is 1.24 bits per heavy atom. The van der Waals surface area contributed by atoms with Crippen LogP contribution in [0.15, 0.2) is 9.59 Å². The average molecular weight is 402 g/mol. The first kappa shape index (κ1) is 18.7. The second-order valence-corrected chi connectivity index (χ2v) is 9.12. The molecule has 6 rings (SSSR count). The van der Waals surface area contributed by atoms with Gasteiger partial charge < -0.3 is 15.2 Å². The van der Waals surface area contributed by atoms with Gasteiger partial charge in [0.2, 0.25) is 0 Å². The highest BCUT2D eigenvalue weighted by Crippen LogP contribution is 2.65. The van der Waals surface area contributed by atoms with E-state index in [2.05, 4.69) is 4.98 Å². The molecule has 29 heavy (non-hydrogen) atoms. The Bertz CT molecular complexity index is 1130. The van der Waals surface area contributed by atoms with Crippen molar-refractivity contribution in [1.29, 1.82) is 0 Å². The number of carbonyl (C=O) groups is 1. The number of Topliss-reactive ketones (excluding diaryl/α,β-unsaturated/α-hetero) is 1. The van der Waals surface area contributed by atoms with E-state index in [9.17, 15) is 24.6 Å². The maximum absolute atomic E-state index is 13.0. The summed E-state index contributed by atoms with van der Waals surface area (Å²) in [5.41, 5.74) is -0.932. The Labute approximate surface area is 166 Å². The van der Waals surface area contributed by atoms with E-state index in [1.54, 1.807) is 0 Å². The van der Waals surface area contributed by atoms with Crippen LogP contribution in [0.2, 0.25) is 0 Å². The molecule has 0 aliphatic heterocycles. The molecule has 2 heterocycles. The smallest absolute Gasteiger partial charge is 0.333 e. The fourth-order valence-corrected chi connectivity index (χ4v) is 6.29. The quantitative estimate of drug-likeness (QED) is 0.641. The summed E-state index contributed by atoms with van der Waals surface area (Å²) in [6.45, 7) is 3.40. The van der Waals surface area contributed by atoms with E-state index in [0.29, 0.717) is 37.3 Å². The van der Waals surface area contributed by atoms with Crippen LogP contribution >= 0.6 is 0 Å². The van der Waals surface area contributed by atoms with E-state index in [1.807, 2.05) is 6.92 Å². The van der Waals surface area contributed by atoms with Crippen molar-refractivity contribution < 1.29 is 15.0 Å². The second kappa shape index (κ2) is 6.12. The number of imidazole rings is 1. The molecule has 6 atom stereocenters. The third-order valence-corrected chi connectivity index (χ3v) is 7.43. The number of aromatic amines is 1. The minimum absolute atomic E-state index is 0.00717. The van der Waals surface area contributed by atoms with Crippen molar-refractivity contribution in [3.05, 3.63) is 26.7 Å². The van der Waals surface area contributed by atoms with Crippen LogP contribution in [0.1, 0.15) is 45.4 Å². The van der Waals surface area contributed by atoms with Crippen molar-refractivity contribution in [2.75, 3.05) is 0 Å². The molecule has 3 unspecified atom stereocenters. The van der Waals surface area contributed by atoms with E-state index in [0.717, 1.165) is 11.0 Å². The molecule has 2 aromatic heterocycles. The van der Waals surface area contributed by atoms with Gasteiger partial charge in [-0.05, 0) is 44.4 Å². The minimum atomic E-state index is -0.579. The van der Waals surface area contributed by atoms with Crippen LogP contribution in [0.5, 0.6) is 0 Å². The number of rotatable bonds is 5. The summed E-state index contributed by atoms with van der Waals surface area (Å²) >= 11 is 0. The second-order valence-electron chi connectivity index (χ2n) is 9.12. The van der Waals surface area contributed by atoms with Gasteiger partial charge in [-0.25, -0.2) is 9.78 Å². The molecule has 3 N–H and O–H groups in total. The molecule has 4 aliphatic rings. The number of aromatic nitrogens is 4. The molecule has 4 saturated carbocycles. The monoisotopic (exact) mass is 402 g/mol. The van der Waals surface area contributed by atoms with Crippen LogP contribution in [0, 0.1) is 17.8 Å². The number of aryl methyl sites for hydroxylation is 1. The zero-order valence-electron chi connectivity index (χ0n) is 16.6. The zero-order chi connectivity index (χ0) is 20.7. The number of nitrogens with zero attached hydrogens (tertiary/aromatic N) is 3. The molecule has 156 valence electrons. The third kappa shape index (κ3) is 2.34. The van der Waals surface area contributed by atoms with Gasteiger partial charge in [0.1, 0.15) is 17.1 Å². The summed E-state index contributed by atoms with van der Waals surface area (Å²) in [6.07, 6.45) is 1.68. The van der Waals surface area contributed by atoms with Crippen molar-refractivity contribution in [2.45, 2.75) is 70.2 Å². The van der Waals surface area contributed by atoms with E-state index in [-0.39, 0.29) is 35.6 Å². The largest absolute Gasteiger partial charge is 0.392 e. The molecular weight excluding hydrogens is 376 g/mol. The number of aliphatic hydroxyl groups excluding tert-OH is 2. The zero-order valence-corrected chi connectivity index (χ0v) is 16.6. The third-order valence-electron chi connectivity index (χ3n) is 7.43. The highest BCUT2D eigenvalue weighted by atomic mass is 16.3. The lowest BCUT2D eigenvalue weighted by molar-refractivity contribution is -0.117. The molecule has 9 nitrogen and oxygen atoms in total. The first-order chi connectivity index (χ1) is 13.8. The molecular formula is C20H26N4O5. The lowest BCUT2D eigenvalue weighted by Crippen LogP contribution is -2.41. The van der Waals surface area contributed by atoms with Gasteiger partial charge in [0, 0.05) is 17.9 Å². The van der Waals surface area contributed by atoms with E-state index in [4.69, 9.17) is 4.98 Å². The Hall–Kier alpha value is -2.26. The number of nitrogens with one attached hydrogen (secondary N) is 1. The van der Waals surface area contributed by atoms with Crippen molar-refractivity contribution in [3.8, 4) is 0 Å². The standard InChI is InChI=1S/C20H26N4O5/c1-3-4-23-16-13(17(28)24(19(23)29)8-9(2)25)21-18(22-16)20-6-10-5-12(20)15(27)11(7-20)14(10)26/h10-12,14-15,26-27H,3-8H2,1-2H3,(H,21,22)/t10?,11-,12+,14?,15+,20?/m1/s1. The molecule has 2 aromatic rings. The number of H-pyrrole nitrogens is 1. The molecule has 0 saturated heterocycles. The lowest BCUT2D eigenvalue weighted by Gasteiger charge is -2.35. The molecule has 4 fully saturated rings. The summed E-state index contributed by atoms with van der Waals surface area (Å²) in [4.78, 5) is 45.4. The van der Waals surface area contributed by atoms with Gasteiger partial charge in [0.05, 0.1) is 18.8 Å². The Morgan fingerprint density at radius 2 is 2.00 bits per heavy atom. The topological polar surface area (TPSA) is 130 Å². The maximum Gasteiger partial charge on any atom is 0.333 e. The summed E-state index contributed by atoms with van der Waals surface area (Å²) < 4.78 is 2.43. The number of carbonyl (C=O) groups excluding carboxylic acids is 1. The van der Waals surface area contributed by atoms with Gasteiger partial charge >= 0.3 is 5.69 Å². The predicted molar refractivity (Wildman–Crippen MR) is 104 cm³/mol. The van der Waals surface area contributed by atoms with Crippen LogP contribution in [0.25, 0.3) is 11.2 Å². The fraction of sp³-hybridized carbons (Fsp3) is 0.700. The van der Waals surface area contributed by atoms with Crippen molar-refractivity contribution in [2.24, 2.45) is 17.8 Å². The number of aliphatic hydroxyl groups is 2. The van der Waals surface area contributed by atoms with Crippen LogP contribution < -0.4 is 11.2 Å². The van der Waals surface area contributed by atoms with Gasteiger partial charge in [-0.3, -0.25) is 18.7 Å². The van der Waals surface area contributed by atoms with Gasteiger partial charge in [0.15, 0.2) is 5.65 Å². The number of ketones is 1. The summed E-state index contributed by atoms with van der Waals surface area (Å²) in [7, 11) is 0.